The van der Waals surface area contributed by atoms with Gasteiger partial charge in [0.15, 0.2) is 0 Å². The van der Waals surface area contributed by atoms with E-state index in [0.717, 1.165) is 0 Å². The first-order valence-corrected chi connectivity index (χ1v) is 3.99. The molecular weight excluding hydrogens is 200 g/mol. The fourth-order valence-electron chi connectivity index (χ4n) is 1.09. The van der Waals surface area contributed by atoms with Crippen molar-refractivity contribution in [3.63, 3.8) is 0 Å². The summed E-state index contributed by atoms with van der Waals surface area (Å²) in [6.07, 6.45) is 0.215. The SMILES string of the molecule is CN1C=CC(C(=O)Cl)=C(C(F)F)C1. The largest absolute Gasteiger partial charge is 0.376 e. The summed E-state index contributed by atoms with van der Waals surface area (Å²) in [6.45, 7) is 0.0436. The zero-order valence-corrected chi connectivity index (χ0v) is 7.68. The topological polar surface area (TPSA) is 20.3 Å². The molecule has 0 saturated heterocycles. The van der Waals surface area contributed by atoms with Gasteiger partial charge in [0.05, 0.1) is 0 Å². The van der Waals surface area contributed by atoms with Gasteiger partial charge in [-0.1, -0.05) is 0 Å². The van der Waals surface area contributed by atoms with Crippen molar-refractivity contribution in [2.45, 2.75) is 6.43 Å². The monoisotopic (exact) mass is 207 g/mol. The molecular formula is C8H8ClF2NO. The first-order valence-electron chi connectivity index (χ1n) is 3.62. The van der Waals surface area contributed by atoms with Gasteiger partial charge >= 0.3 is 0 Å². The van der Waals surface area contributed by atoms with Gasteiger partial charge in [0.2, 0.25) is 0 Å². The Morgan fingerprint density at radius 1 is 1.69 bits per heavy atom. The minimum Gasteiger partial charge on any atom is -0.376 e. The van der Waals surface area contributed by atoms with E-state index in [1.54, 1.807) is 18.1 Å². The molecule has 2 nitrogen and oxygen atoms in total. The Labute approximate surface area is 79.5 Å². The normalized spacial score (nSPS) is 17.2. The Kier molecular flexibility index (Phi) is 3.03. The molecule has 72 valence electrons. The summed E-state index contributed by atoms with van der Waals surface area (Å²) in [7, 11) is 1.65. The van der Waals surface area contributed by atoms with Crippen LogP contribution in [-0.2, 0) is 4.79 Å². The number of carbonyl (C=O) groups excluding carboxylic acids is 1. The van der Waals surface area contributed by atoms with Crippen LogP contribution in [0.4, 0.5) is 8.78 Å². The highest BCUT2D eigenvalue weighted by molar-refractivity contribution is 6.68. The molecule has 0 fully saturated rings. The second-order valence-electron chi connectivity index (χ2n) is 2.74. The van der Waals surface area contributed by atoms with E-state index in [2.05, 4.69) is 0 Å². The predicted octanol–water partition coefficient (Wildman–Crippen LogP) is 1.77. The zero-order chi connectivity index (χ0) is 10.0. The lowest BCUT2D eigenvalue weighted by Crippen LogP contribution is -2.24. The Hall–Kier alpha value is -0.900. The lowest BCUT2D eigenvalue weighted by atomic mass is 10.1. The molecule has 5 heteroatoms. The van der Waals surface area contributed by atoms with Crippen LogP contribution in [-0.4, -0.2) is 30.2 Å². The molecule has 0 aromatic carbocycles. The Morgan fingerprint density at radius 3 is 2.77 bits per heavy atom. The van der Waals surface area contributed by atoms with E-state index in [1.165, 1.54) is 6.08 Å². The molecule has 0 aromatic heterocycles. The van der Waals surface area contributed by atoms with Crippen LogP contribution in [0.1, 0.15) is 0 Å². The smallest absolute Gasteiger partial charge is 0.262 e. The third-order valence-electron chi connectivity index (χ3n) is 1.74. The van der Waals surface area contributed by atoms with Gasteiger partial charge in [0, 0.05) is 24.7 Å². The van der Waals surface area contributed by atoms with Crippen LogP contribution < -0.4 is 0 Å². The highest BCUT2D eigenvalue weighted by Crippen LogP contribution is 2.21. The average Bonchev–Trinajstić information content (AvgIpc) is 2.03. The summed E-state index contributed by atoms with van der Waals surface area (Å²) in [5.41, 5.74) is -0.306. The molecule has 0 radical (unpaired) electrons. The summed E-state index contributed by atoms with van der Waals surface area (Å²) in [6, 6.07) is 0. The Morgan fingerprint density at radius 2 is 2.31 bits per heavy atom. The third-order valence-corrected chi connectivity index (χ3v) is 1.94. The van der Waals surface area contributed by atoms with Crippen LogP contribution in [0, 0.1) is 0 Å². The zero-order valence-electron chi connectivity index (χ0n) is 6.93. The molecule has 0 aliphatic carbocycles. The first-order chi connectivity index (χ1) is 6.02. The Balaban J connectivity index is 3.02. The van der Waals surface area contributed by atoms with E-state index in [4.69, 9.17) is 11.6 Å². The molecule has 0 bridgehead atoms. The number of hydrogen-bond donors (Lipinski definition) is 0. The second-order valence-corrected chi connectivity index (χ2v) is 3.09. The highest BCUT2D eigenvalue weighted by atomic mass is 35.5. The molecule has 13 heavy (non-hydrogen) atoms. The first kappa shape index (κ1) is 10.2. The van der Waals surface area contributed by atoms with Gasteiger partial charge in [0.1, 0.15) is 0 Å². The van der Waals surface area contributed by atoms with Gasteiger partial charge in [-0.05, 0) is 23.9 Å². The van der Waals surface area contributed by atoms with Crippen molar-refractivity contribution in [2.75, 3.05) is 13.6 Å². The van der Waals surface area contributed by atoms with E-state index in [1.807, 2.05) is 0 Å². The average molecular weight is 208 g/mol. The summed E-state index contributed by atoms with van der Waals surface area (Å²) >= 11 is 5.14. The van der Waals surface area contributed by atoms with Crippen LogP contribution in [0.2, 0.25) is 0 Å². The molecule has 0 amide bonds. The maximum absolute atomic E-state index is 12.4. The quantitative estimate of drug-likeness (QED) is 0.644. The third kappa shape index (κ3) is 2.28. The van der Waals surface area contributed by atoms with E-state index >= 15 is 0 Å². The van der Waals surface area contributed by atoms with E-state index in [0.29, 0.717) is 0 Å². The summed E-state index contributed by atoms with van der Waals surface area (Å²) in [5, 5.41) is -0.834. The number of halogens is 3. The minimum atomic E-state index is -2.63. The fraction of sp³-hybridized carbons (Fsp3) is 0.375. The number of hydrogen-bond acceptors (Lipinski definition) is 2. The number of rotatable bonds is 2. The molecule has 1 heterocycles. The van der Waals surface area contributed by atoms with Crippen molar-refractivity contribution in [1.29, 1.82) is 0 Å². The van der Waals surface area contributed by atoms with Crippen molar-refractivity contribution in [3.05, 3.63) is 23.4 Å². The highest BCUT2D eigenvalue weighted by Gasteiger charge is 2.22. The van der Waals surface area contributed by atoms with Gasteiger partial charge in [-0.15, -0.1) is 0 Å². The van der Waals surface area contributed by atoms with Crippen LogP contribution in [0.25, 0.3) is 0 Å². The minimum absolute atomic E-state index is 0.0436. The van der Waals surface area contributed by atoms with E-state index in [-0.39, 0.29) is 17.7 Å². The van der Waals surface area contributed by atoms with Gasteiger partial charge in [-0.3, -0.25) is 4.79 Å². The molecule has 1 aliphatic rings. The van der Waals surface area contributed by atoms with Crippen LogP contribution >= 0.6 is 11.6 Å². The van der Waals surface area contributed by atoms with E-state index in [9.17, 15) is 13.6 Å². The van der Waals surface area contributed by atoms with Gasteiger partial charge < -0.3 is 4.90 Å². The van der Waals surface area contributed by atoms with Gasteiger partial charge in [-0.25, -0.2) is 8.78 Å². The molecule has 0 aromatic rings. The molecule has 1 aliphatic heterocycles. The van der Waals surface area contributed by atoms with Crippen molar-refractivity contribution in [3.8, 4) is 0 Å². The summed E-state index contributed by atoms with van der Waals surface area (Å²) in [5.74, 6) is 0. The number of allylic oxidation sites excluding steroid dienone is 2. The number of likely N-dealkylation sites (N-methyl/N-ethyl adjacent to an activating group) is 1. The number of alkyl halides is 2. The lowest BCUT2D eigenvalue weighted by molar-refractivity contribution is -0.108. The Bertz CT molecular complexity index is 286. The van der Waals surface area contributed by atoms with Gasteiger partial charge in [-0.2, -0.15) is 0 Å². The maximum atomic E-state index is 12.4. The van der Waals surface area contributed by atoms with Crippen molar-refractivity contribution >= 4 is 16.8 Å². The molecule has 0 saturated carbocycles. The lowest BCUT2D eigenvalue weighted by Gasteiger charge is -2.21. The van der Waals surface area contributed by atoms with Crippen molar-refractivity contribution < 1.29 is 13.6 Å². The van der Waals surface area contributed by atoms with Crippen molar-refractivity contribution in [1.82, 2.24) is 4.90 Å². The predicted molar refractivity (Wildman–Crippen MR) is 45.7 cm³/mol. The summed E-state index contributed by atoms with van der Waals surface area (Å²) < 4.78 is 24.7. The number of nitrogens with zero attached hydrogens (tertiary/aromatic N) is 1. The van der Waals surface area contributed by atoms with Crippen LogP contribution in [0.15, 0.2) is 23.4 Å². The molecule has 0 N–H and O–H groups in total. The molecule has 0 spiro atoms. The summed E-state index contributed by atoms with van der Waals surface area (Å²) in [4.78, 5) is 12.3. The standard InChI is InChI=1S/C8H8ClF2NO/c1-12-3-2-5(7(9)13)6(4-12)8(10)11/h2-3,8H,4H2,1H3. The number of carbonyl (C=O) groups is 1. The van der Waals surface area contributed by atoms with Crippen molar-refractivity contribution in [2.24, 2.45) is 0 Å². The molecule has 0 unspecified atom stereocenters. The maximum Gasteiger partial charge on any atom is 0.262 e. The fourth-order valence-corrected chi connectivity index (χ4v) is 1.28. The second kappa shape index (κ2) is 3.87. The molecule has 1 rings (SSSR count). The molecule has 0 atom stereocenters. The van der Waals surface area contributed by atoms with E-state index < -0.39 is 11.7 Å². The van der Waals surface area contributed by atoms with Crippen LogP contribution in [0.5, 0.6) is 0 Å². The van der Waals surface area contributed by atoms with Crippen LogP contribution in [0.3, 0.4) is 0 Å². The van der Waals surface area contributed by atoms with Gasteiger partial charge in [0.25, 0.3) is 11.7 Å².